The van der Waals surface area contributed by atoms with Crippen molar-refractivity contribution in [1.82, 2.24) is 4.90 Å². The molecule has 0 bridgehead atoms. The van der Waals surface area contributed by atoms with Crippen LogP contribution < -0.4 is 0 Å². The number of nitrogens with zero attached hydrogens (tertiary/aromatic N) is 1. The second kappa shape index (κ2) is 10.1. The van der Waals surface area contributed by atoms with Crippen LogP contribution in [0.15, 0.2) is 39.9 Å². The topological polar surface area (TPSA) is 38.8 Å². The van der Waals surface area contributed by atoms with E-state index < -0.39 is 5.79 Å². The van der Waals surface area contributed by atoms with Crippen LogP contribution in [-0.2, 0) is 15.3 Å². The minimum Gasteiger partial charge on any atom is -0.349 e. The predicted octanol–water partition coefficient (Wildman–Crippen LogP) is 5.57. The molecular weight excluding hydrogens is 433 g/mol. The third-order valence-electron chi connectivity index (χ3n) is 6.56. The molecule has 1 fully saturated rings. The summed E-state index contributed by atoms with van der Waals surface area (Å²) in [5.74, 6) is -0.715. The number of carbonyl (C=O) groups excluding carboxylic acids is 1. The van der Waals surface area contributed by atoms with Gasteiger partial charge >= 0.3 is 0 Å². The molecule has 1 aromatic heterocycles. The number of ether oxygens (including phenoxy) is 2. The number of rotatable bonds is 8. The van der Waals surface area contributed by atoms with E-state index in [1.54, 1.807) is 37.7 Å². The Labute approximate surface area is 192 Å². The van der Waals surface area contributed by atoms with E-state index in [0.717, 1.165) is 57.3 Å². The zero-order valence-corrected chi connectivity index (χ0v) is 19.8. The molecule has 168 valence electrons. The lowest BCUT2D eigenvalue weighted by molar-refractivity contribution is -0.222. The largest absolute Gasteiger partial charge is 0.349 e. The maximum absolute atomic E-state index is 13.1. The Morgan fingerprint density at radius 2 is 1.87 bits per heavy atom. The molecule has 0 saturated carbocycles. The number of thioether (sulfide) groups is 1. The molecular formula is C24H30FNO3S2. The van der Waals surface area contributed by atoms with Crippen molar-refractivity contribution in [3.63, 3.8) is 0 Å². The Balaban J connectivity index is 1.23. The summed E-state index contributed by atoms with van der Waals surface area (Å²) in [5.41, 5.74) is 1.79. The average molecular weight is 464 g/mol. The monoisotopic (exact) mass is 463 g/mol. The second-order valence-electron chi connectivity index (χ2n) is 8.36. The molecule has 0 amide bonds. The van der Waals surface area contributed by atoms with Crippen molar-refractivity contribution in [2.75, 3.05) is 33.9 Å². The van der Waals surface area contributed by atoms with Crippen molar-refractivity contribution in [3.8, 4) is 0 Å². The minimum atomic E-state index is -0.621. The number of piperidine rings is 1. The van der Waals surface area contributed by atoms with Crippen molar-refractivity contribution < 1.29 is 18.7 Å². The summed E-state index contributed by atoms with van der Waals surface area (Å²) in [6.07, 6.45) is 4.86. The Bertz CT molecular complexity index is 873. The van der Waals surface area contributed by atoms with Crippen LogP contribution in [0.25, 0.3) is 0 Å². The van der Waals surface area contributed by atoms with Crippen LogP contribution in [0.2, 0.25) is 0 Å². The van der Waals surface area contributed by atoms with Crippen LogP contribution in [0, 0.1) is 11.7 Å². The number of likely N-dealkylation sites (tertiary alicyclic amines) is 1. The third kappa shape index (κ3) is 5.06. The van der Waals surface area contributed by atoms with Gasteiger partial charge in [0.25, 0.3) is 0 Å². The number of Topliss-reactive ketones (excluding diaryl/α,β-unsaturated/α-hetero) is 1. The van der Waals surface area contributed by atoms with E-state index in [2.05, 4.69) is 16.3 Å². The normalized spacial score (nSPS) is 21.7. The molecule has 0 N–H and O–H groups in total. The number of carbonyl (C=O) groups is 1. The molecule has 31 heavy (non-hydrogen) atoms. The van der Waals surface area contributed by atoms with Crippen molar-refractivity contribution in [2.45, 2.75) is 47.4 Å². The van der Waals surface area contributed by atoms with Gasteiger partial charge in [0.2, 0.25) is 0 Å². The Morgan fingerprint density at radius 1 is 1.16 bits per heavy atom. The summed E-state index contributed by atoms with van der Waals surface area (Å²) >= 11 is 3.72. The summed E-state index contributed by atoms with van der Waals surface area (Å²) < 4.78 is 26.1. The lowest BCUT2D eigenvalue weighted by Crippen LogP contribution is -2.38. The summed E-state index contributed by atoms with van der Waals surface area (Å²) in [5, 5.41) is 2.59. The fraction of sp³-hybridized carbons (Fsp3) is 0.542. The van der Waals surface area contributed by atoms with E-state index >= 15 is 0 Å². The fourth-order valence-corrected chi connectivity index (χ4v) is 7.43. The zero-order valence-electron chi connectivity index (χ0n) is 18.1. The minimum absolute atomic E-state index is 0.0527. The zero-order chi connectivity index (χ0) is 21.8. The maximum Gasteiger partial charge on any atom is 0.197 e. The van der Waals surface area contributed by atoms with E-state index in [1.165, 1.54) is 16.3 Å². The van der Waals surface area contributed by atoms with Gasteiger partial charge in [0, 0.05) is 42.9 Å². The highest BCUT2D eigenvalue weighted by atomic mass is 32.2. The van der Waals surface area contributed by atoms with Gasteiger partial charge in [-0.2, -0.15) is 0 Å². The highest BCUT2D eigenvalue weighted by Gasteiger charge is 2.42. The van der Waals surface area contributed by atoms with E-state index in [0.29, 0.717) is 10.8 Å². The smallest absolute Gasteiger partial charge is 0.197 e. The summed E-state index contributed by atoms with van der Waals surface area (Å²) in [7, 11) is 3.46. The molecule has 1 aromatic carbocycles. The predicted molar refractivity (Wildman–Crippen MR) is 123 cm³/mol. The number of hydrogen-bond donors (Lipinski definition) is 0. The summed E-state index contributed by atoms with van der Waals surface area (Å²) in [4.78, 5) is 15.1. The van der Waals surface area contributed by atoms with Crippen molar-refractivity contribution in [2.24, 2.45) is 5.92 Å². The highest BCUT2D eigenvalue weighted by molar-refractivity contribution is 8.01. The van der Waals surface area contributed by atoms with Crippen LogP contribution >= 0.6 is 23.1 Å². The quantitative estimate of drug-likeness (QED) is 0.378. The van der Waals surface area contributed by atoms with Crippen molar-refractivity contribution in [1.29, 1.82) is 0 Å². The number of thiophene rings is 1. The molecule has 0 spiro atoms. The molecule has 1 saturated heterocycles. The average Bonchev–Trinajstić information content (AvgIpc) is 3.28. The van der Waals surface area contributed by atoms with Gasteiger partial charge in [-0.1, -0.05) is 0 Å². The van der Waals surface area contributed by atoms with Crippen LogP contribution in [0.4, 0.5) is 4.39 Å². The Kier molecular flexibility index (Phi) is 7.49. The molecule has 1 atom stereocenters. The van der Waals surface area contributed by atoms with Crippen LogP contribution in [0.1, 0.15) is 48.0 Å². The molecule has 2 aliphatic heterocycles. The fourth-order valence-electron chi connectivity index (χ4n) is 4.71. The van der Waals surface area contributed by atoms with Crippen LogP contribution in [0.3, 0.4) is 0 Å². The lowest BCUT2D eigenvalue weighted by Gasteiger charge is -2.38. The number of hydrogen-bond acceptors (Lipinski definition) is 6. The molecule has 2 aromatic rings. The molecule has 0 aliphatic carbocycles. The van der Waals surface area contributed by atoms with Crippen LogP contribution in [0.5, 0.6) is 0 Å². The van der Waals surface area contributed by atoms with E-state index in [4.69, 9.17) is 9.47 Å². The van der Waals surface area contributed by atoms with Gasteiger partial charge in [0.05, 0.1) is 4.21 Å². The van der Waals surface area contributed by atoms with Gasteiger partial charge in [0.1, 0.15) is 5.82 Å². The van der Waals surface area contributed by atoms with Gasteiger partial charge in [-0.25, -0.2) is 4.39 Å². The molecule has 3 heterocycles. The van der Waals surface area contributed by atoms with Gasteiger partial charge in [-0.15, -0.1) is 23.1 Å². The first-order valence-electron chi connectivity index (χ1n) is 10.9. The standard InChI is InChI=1S/C24H30FNO3S2/c1-28-24(29-2)16-20(31-23-21(24)11-15-30-23)4-3-12-26-13-9-18(10-14-26)22(27)17-5-7-19(25)8-6-17/h5-8,11,15,18,20H,3-4,9-10,12-14,16H2,1-2H3. The SMILES string of the molecule is COC1(OC)CC(CCCN2CCC(C(=O)c3ccc(F)cc3)CC2)Sc2sccc21. The molecule has 4 nitrogen and oxygen atoms in total. The van der Waals surface area contributed by atoms with Gasteiger partial charge in [-0.05, 0) is 81.0 Å². The van der Waals surface area contributed by atoms with E-state index in [-0.39, 0.29) is 17.5 Å². The maximum atomic E-state index is 13.1. The third-order valence-corrected chi connectivity index (χ3v) is 9.01. The lowest BCUT2D eigenvalue weighted by atomic mass is 9.89. The first-order chi connectivity index (χ1) is 15.0. The first kappa shape index (κ1) is 22.9. The number of fused-ring (bicyclic) bond motifs is 1. The number of ketones is 1. The van der Waals surface area contributed by atoms with E-state index in [1.807, 2.05) is 11.8 Å². The molecule has 0 radical (unpaired) electrons. The van der Waals surface area contributed by atoms with Gasteiger partial charge < -0.3 is 14.4 Å². The number of halogens is 1. The Hall–Kier alpha value is -1.25. The molecule has 4 rings (SSSR count). The molecule has 1 unspecified atom stereocenters. The van der Waals surface area contributed by atoms with Gasteiger partial charge in [0.15, 0.2) is 11.6 Å². The molecule has 7 heteroatoms. The van der Waals surface area contributed by atoms with Crippen LogP contribution in [-0.4, -0.2) is 49.8 Å². The van der Waals surface area contributed by atoms with E-state index in [9.17, 15) is 9.18 Å². The second-order valence-corrected chi connectivity index (χ2v) is 10.8. The summed E-state index contributed by atoms with van der Waals surface area (Å²) in [6.45, 7) is 2.95. The van der Waals surface area contributed by atoms with Crippen molar-refractivity contribution >= 4 is 28.9 Å². The first-order valence-corrected chi connectivity index (χ1v) is 12.7. The number of methoxy groups -OCH3 is 2. The Morgan fingerprint density at radius 3 is 2.55 bits per heavy atom. The molecule has 2 aliphatic rings. The number of benzene rings is 1. The van der Waals surface area contributed by atoms with Gasteiger partial charge in [-0.3, -0.25) is 4.79 Å². The summed E-state index contributed by atoms with van der Waals surface area (Å²) in [6, 6.07) is 8.06. The van der Waals surface area contributed by atoms with Crippen molar-refractivity contribution in [3.05, 3.63) is 52.7 Å². The highest BCUT2D eigenvalue weighted by Crippen LogP contribution is 2.50.